The van der Waals surface area contributed by atoms with Gasteiger partial charge in [-0.25, -0.2) is 0 Å². The molecule has 0 N–H and O–H groups in total. The smallest absolute Gasteiger partial charge is 0.0617 e. The van der Waals surface area contributed by atoms with Crippen LogP contribution in [0.4, 0.5) is 0 Å². The van der Waals surface area contributed by atoms with E-state index in [9.17, 15) is 0 Å². The van der Waals surface area contributed by atoms with E-state index in [0.29, 0.717) is 17.5 Å². The van der Waals surface area contributed by atoms with E-state index in [1.807, 2.05) is 24.3 Å². The fourth-order valence-corrected chi connectivity index (χ4v) is 9.83. The first-order valence-electron chi connectivity index (χ1n) is 16.4. The van der Waals surface area contributed by atoms with Gasteiger partial charge < -0.3 is 0 Å². The number of benzene rings is 8. The molecule has 0 saturated heterocycles. The molecular formula is C45H27N3Se. The summed E-state index contributed by atoms with van der Waals surface area (Å²) in [6.07, 6.45) is 0. The van der Waals surface area contributed by atoms with Crippen LogP contribution in [0.15, 0.2) is 164 Å². The van der Waals surface area contributed by atoms with E-state index in [-0.39, 0.29) is 14.5 Å². The van der Waals surface area contributed by atoms with Crippen molar-refractivity contribution in [2.45, 2.75) is 0 Å². The van der Waals surface area contributed by atoms with Gasteiger partial charge in [-0.15, -0.1) is 0 Å². The summed E-state index contributed by atoms with van der Waals surface area (Å²) in [6, 6.07) is 58.2. The Balaban J connectivity index is 1.20. The molecule has 4 heteroatoms. The average molecular weight is 689 g/mol. The van der Waals surface area contributed by atoms with E-state index < -0.39 is 0 Å². The van der Waals surface area contributed by atoms with E-state index in [1.54, 1.807) is 0 Å². The van der Waals surface area contributed by atoms with Gasteiger partial charge in [0.1, 0.15) is 0 Å². The molecule has 0 amide bonds. The molecule has 0 fully saturated rings. The predicted molar refractivity (Wildman–Crippen MR) is 206 cm³/mol. The Bertz CT molecular complexity index is 2860. The molecule has 49 heavy (non-hydrogen) atoms. The van der Waals surface area contributed by atoms with Gasteiger partial charge >= 0.3 is 218 Å². The molecule has 0 bridgehead atoms. The second kappa shape index (κ2) is 11.3. The summed E-state index contributed by atoms with van der Waals surface area (Å²) >= 11 is 0.259. The van der Waals surface area contributed by atoms with Crippen molar-refractivity contribution in [1.82, 2.24) is 15.0 Å². The Morgan fingerprint density at radius 2 is 0.816 bits per heavy atom. The van der Waals surface area contributed by atoms with Crippen molar-refractivity contribution in [2.75, 3.05) is 0 Å². The van der Waals surface area contributed by atoms with Gasteiger partial charge in [-0.1, -0.05) is 60.7 Å². The molecule has 0 aliphatic heterocycles. The van der Waals surface area contributed by atoms with Crippen molar-refractivity contribution in [1.29, 1.82) is 0 Å². The van der Waals surface area contributed by atoms with E-state index in [1.165, 1.54) is 51.6 Å². The third kappa shape index (κ3) is 4.69. The van der Waals surface area contributed by atoms with E-state index in [2.05, 4.69) is 140 Å². The van der Waals surface area contributed by atoms with Gasteiger partial charge in [0.05, 0.1) is 0 Å². The molecule has 228 valence electrons. The minimum Gasteiger partial charge on any atom is -0.0617 e. The molecule has 0 radical (unpaired) electrons. The zero-order valence-corrected chi connectivity index (χ0v) is 28.1. The Hall–Kier alpha value is -5.93. The minimum atomic E-state index is 0.259. The van der Waals surface area contributed by atoms with Crippen molar-refractivity contribution in [2.24, 2.45) is 0 Å². The molecule has 3 nitrogen and oxygen atoms in total. The summed E-state index contributed by atoms with van der Waals surface area (Å²) in [6.45, 7) is 0. The SMILES string of the molecule is c1ccc(-c2cccc(-c3nc(-c4ccccc4)nc(-c4ccc5c(c4)c4ccccc4c4c5ccc5c6ccccc6[se]c54)n3)c2)cc1. The first-order valence-corrected chi connectivity index (χ1v) is 18.2. The van der Waals surface area contributed by atoms with Gasteiger partial charge in [0.25, 0.3) is 0 Å². The molecular weight excluding hydrogens is 661 g/mol. The zero-order valence-electron chi connectivity index (χ0n) is 26.3. The number of hydrogen-bond donors (Lipinski definition) is 0. The Morgan fingerprint density at radius 3 is 1.59 bits per heavy atom. The second-order valence-corrected chi connectivity index (χ2v) is 14.6. The molecule has 8 aromatic carbocycles. The molecule has 0 spiro atoms. The van der Waals surface area contributed by atoms with Crippen LogP contribution in [0.25, 0.3) is 96.9 Å². The van der Waals surface area contributed by atoms with Crippen molar-refractivity contribution in [3.8, 4) is 45.3 Å². The quantitative estimate of drug-likeness (QED) is 0.136. The Kier molecular flexibility index (Phi) is 6.51. The van der Waals surface area contributed by atoms with Gasteiger partial charge in [-0.05, 0) is 11.1 Å². The molecule has 0 saturated carbocycles. The average Bonchev–Trinajstić information content (AvgIpc) is 3.57. The molecule has 0 unspecified atom stereocenters. The second-order valence-electron chi connectivity index (χ2n) is 12.4. The van der Waals surface area contributed by atoms with Crippen LogP contribution >= 0.6 is 0 Å². The molecule has 2 heterocycles. The van der Waals surface area contributed by atoms with E-state index in [4.69, 9.17) is 15.0 Å². The predicted octanol–water partition coefficient (Wildman–Crippen LogP) is 11.4. The van der Waals surface area contributed by atoms with Gasteiger partial charge in [-0.2, -0.15) is 0 Å². The third-order valence-electron chi connectivity index (χ3n) is 9.50. The Labute approximate surface area is 288 Å². The zero-order chi connectivity index (χ0) is 32.3. The van der Waals surface area contributed by atoms with Crippen LogP contribution in [0, 0.1) is 0 Å². The number of nitrogens with zero attached hydrogens (tertiary/aromatic N) is 3. The summed E-state index contributed by atoms with van der Waals surface area (Å²) in [7, 11) is 0. The number of rotatable bonds is 4. The Morgan fingerprint density at radius 1 is 0.306 bits per heavy atom. The maximum atomic E-state index is 5.13. The summed E-state index contributed by atoms with van der Waals surface area (Å²) in [5.74, 6) is 1.97. The van der Waals surface area contributed by atoms with Gasteiger partial charge in [0.2, 0.25) is 0 Å². The van der Waals surface area contributed by atoms with Crippen molar-refractivity contribution >= 4 is 66.1 Å². The van der Waals surface area contributed by atoms with Gasteiger partial charge in [0.15, 0.2) is 0 Å². The molecule has 10 rings (SSSR count). The topological polar surface area (TPSA) is 38.7 Å². The molecule has 0 aliphatic carbocycles. The molecule has 10 aromatic rings. The standard InChI is InChI=1S/C45H27N3Se/c1-3-12-28(13-4-1)30-16-11-17-31(26-30)44-46-43(29-14-5-2-6-15-29)47-45(48-44)32-22-23-34-37-24-25-38-35-19-9-10-21-40(35)49-42(38)41(37)36-20-8-7-18-33(36)39(34)27-32/h1-27H. The van der Waals surface area contributed by atoms with Crippen LogP contribution in [0.1, 0.15) is 0 Å². The van der Waals surface area contributed by atoms with Crippen molar-refractivity contribution in [3.63, 3.8) is 0 Å². The summed E-state index contributed by atoms with van der Waals surface area (Å²) in [5.41, 5.74) is 5.17. The van der Waals surface area contributed by atoms with Gasteiger partial charge in [-0.3, -0.25) is 0 Å². The van der Waals surface area contributed by atoms with Crippen LogP contribution < -0.4 is 0 Å². The van der Waals surface area contributed by atoms with Crippen LogP contribution in [0.5, 0.6) is 0 Å². The fourth-order valence-electron chi connectivity index (χ4n) is 7.18. The normalized spacial score (nSPS) is 11.7. The third-order valence-corrected chi connectivity index (χ3v) is 12.0. The number of fused-ring (bicyclic) bond motifs is 10. The monoisotopic (exact) mass is 689 g/mol. The first-order chi connectivity index (χ1) is 24.3. The minimum absolute atomic E-state index is 0.259. The van der Waals surface area contributed by atoms with Crippen molar-refractivity contribution < 1.29 is 0 Å². The fraction of sp³-hybridized carbons (Fsp3) is 0. The maximum absolute atomic E-state index is 5.13. The van der Waals surface area contributed by atoms with Crippen LogP contribution in [0.3, 0.4) is 0 Å². The summed E-state index contributed by atoms with van der Waals surface area (Å²) < 4.78 is 2.95. The summed E-state index contributed by atoms with van der Waals surface area (Å²) in [4.78, 5) is 15.2. The van der Waals surface area contributed by atoms with Crippen LogP contribution in [-0.4, -0.2) is 29.5 Å². The van der Waals surface area contributed by atoms with Crippen LogP contribution in [-0.2, 0) is 0 Å². The number of aromatic nitrogens is 3. The van der Waals surface area contributed by atoms with Crippen molar-refractivity contribution in [3.05, 3.63) is 164 Å². The molecule has 2 aromatic heterocycles. The number of hydrogen-bond acceptors (Lipinski definition) is 3. The van der Waals surface area contributed by atoms with E-state index >= 15 is 0 Å². The first kappa shape index (κ1) is 28.1. The van der Waals surface area contributed by atoms with Crippen LogP contribution in [0.2, 0.25) is 0 Å². The molecule has 0 atom stereocenters. The van der Waals surface area contributed by atoms with Gasteiger partial charge in [0, 0.05) is 0 Å². The molecule has 0 aliphatic rings. The van der Waals surface area contributed by atoms with E-state index in [0.717, 1.165) is 27.8 Å². The summed E-state index contributed by atoms with van der Waals surface area (Å²) in [5, 5.41) is 10.5.